The Kier molecular flexibility index (Phi) is 8.07. The van der Waals surface area contributed by atoms with Gasteiger partial charge in [-0.1, -0.05) is 19.8 Å². The average Bonchev–Trinajstić information content (AvgIpc) is 2.40. The lowest BCUT2D eigenvalue weighted by Crippen LogP contribution is -2.59. The molecule has 0 amide bonds. The van der Waals surface area contributed by atoms with Crippen LogP contribution in [0.3, 0.4) is 0 Å². The number of aliphatic hydroxyl groups is 5. The van der Waals surface area contributed by atoms with Crippen molar-refractivity contribution in [3.63, 3.8) is 0 Å². The van der Waals surface area contributed by atoms with Crippen LogP contribution >= 0.6 is 0 Å². The highest BCUT2D eigenvalue weighted by Gasteiger charge is 2.50. The van der Waals surface area contributed by atoms with Gasteiger partial charge in [0.15, 0.2) is 0 Å². The number of hydrogen-bond acceptors (Lipinski definition) is 7. The lowest BCUT2D eigenvalue weighted by Gasteiger charge is -2.32. The fourth-order valence-corrected chi connectivity index (χ4v) is 1.40. The summed E-state index contributed by atoms with van der Waals surface area (Å²) in [7, 11) is 0. The maximum Gasteiger partial charge on any atom is 0.367 e. The normalized spacial score (nSPS) is 19.5. The zero-order valence-corrected chi connectivity index (χ0v) is 10.8. The van der Waals surface area contributed by atoms with Gasteiger partial charge in [-0.05, 0) is 6.42 Å². The fraction of sp³-hybridized carbons (Fsp3) is 0.909. The summed E-state index contributed by atoms with van der Waals surface area (Å²) in [6, 6.07) is 0. The van der Waals surface area contributed by atoms with E-state index in [0.717, 1.165) is 12.8 Å². The number of carboxylic acid groups (broad SMARTS) is 1. The molecule has 0 saturated carbocycles. The van der Waals surface area contributed by atoms with Crippen LogP contribution in [0.25, 0.3) is 0 Å². The van der Waals surface area contributed by atoms with Gasteiger partial charge < -0.3 is 35.4 Å². The van der Waals surface area contributed by atoms with Crippen molar-refractivity contribution < 1.29 is 40.2 Å². The van der Waals surface area contributed by atoms with E-state index in [2.05, 4.69) is 0 Å². The summed E-state index contributed by atoms with van der Waals surface area (Å²) in [4.78, 5) is 11.0. The molecule has 0 aromatic carbocycles. The van der Waals surface area contributed by atoms with Gasteiger partial charge in [0.2, 0.25) is 0 Å². The molecule has 0 radical (unpaired) electrons. The molecule has 0 rings (SSSR count). The van der Waals surface area contributed by atoms with E-state index in [0.29, 0.717) is 6.42 Å². The number of rotatable bonds is 10. The second kappa shape index (κ2) is 8.41. The number of hydrogen-bond donors (Lipinski definition) is 6. The summed E-state index contributed by atoms with van der Waals surface area (Å²) in [5.41, 5.74) is 0. The summed E-state index contributed by atoms with van der Waals surface area (Å²) in [6.07, 6.45) is -4.08. The molecule has 4 unspecified atom stereocenters. The van der Waals surface area contributed by atoms with E-state index < -0.39 is 36.7 Å². The Hall–Kier alpha value is -0.770. The highest BCUT2D eigenvalue weighted by molar-refractivity contribution is 5.76. The number of unbranched alkanes of at least 4 members (excludes halogenated alkanes) is 2. The molecule has 0 aromatic heterocycles. The van der Waals surface area contributed by atoms with E-state index in [1.807, 2.05) is 6.92 Å². The zero-order chi connectivity index (χ0) is 15.1. The molecule has 6 N–H and O–H groups in total. The maximum atomic E-state index is 11.0. The SMILES string of the molecule is CCCCCOC(O)(C(=O)O)C(O)C(O)C(O)CO. The summed E-state index contributed by atoms with van der Waals surface area (Å²) < 4.78 is 4.72. The molecular formula is C11H22O8. The van der Waals surface area contributed by atoms with E-state index in [-0.39, 0.29) is 6.61 Å². The van der Waals surface area contributed by atoms with Crippen LogP contribution in [0.1, 0.15) is 26.2 Å². The number of carboxylic acids is 1. The van der Waals surface area contributed by atoms with Crippen LogP contribution in [0.2, 0.25) is 0 Å². The van der Waals surface area contributed by atoms with E-state index in [1.54, 1.807) is 0 Å². The van der Waals surface area contributed by atoms with Crippen LogP contribution in [-0.2, 0) is 9.53 Å². The highest BCUT2D eigenvalue weighted by atomic mass is 16.7. The molecule has 0 spiro atoms. The number of aliphatic carboxylic acids is 1. The van der Waals surface area contributed by atoms with Gasteiger partial charge in [-0.3, -0.25) is 0 Å². The monoisotopic (exact) mass is 282 g/mol. The van der Waals surface area contributed by atoms with Crippen LogP contribution in [-0.4, -0.2) is 73.9 Å². The molecule has 0 aliphatic rings. The molecule has 8 heteroatoms. The molecule has 0 aliphatic heterocycles. The highest BCUT2D eigenvalue weighted by Crippen LogP contribution is 2.19. The van der Waals surface area contributed by atoms with Crippen molar-refractivity contribution in [3.8, 4) is 0 Å². The Labute approximate surface area is 110 Å². The molecule has 8 nitrogen and oxygen atoms in total. The third kappa shape index (κ3) is 5.01. The molecule has 0 heterocycles. The number of carbonyl (C=O) groups is 1. The van der Waals surface area contributed by atoms with Crippen LogP contribution in [0.15, 0.2) is 0 Å². The van der Waals surface area contributed by atoms with Crippen LogP contribution < -0.4 is 0 Å². The topological polar surface area (TPSA) is 148 Å². The van der Waals surface area contributed by atoms with E-state index in [9.17, 15) is 20.1 Å². The number of aliphatic hydroxyl groups excluding tert-OH is 4. The van der Waals surface area contributed by atoms with Crippen LogP contribution in [0, 0.1) is 0 Å². The summed E-state index contributed by atoms with van der Waals surface area (Å²) in [5, 5.41) is 55.4. The van der Waals surface area contributed by atoms with Crippen molar-refractivity contribution in [2.24, 2.45) is 0 Å². The summed E-state index contributed by atoms with van der Waals surface area (Å²) in [5.74, 6) is -4.93. The Morgan fingerprint density at radius 3 is 2.26 bits per heavy atom. The van der Waals surface area contributed by atoms with E-state index in [1.165, 1.54) is 0 Å². The second-order valence-corrected chi connectivity index (χ2v) is 4.24. The quantitative estimate of drug-likeness (QED) is 0.200. The first-order valence-electron chi connectivity index (χ1n) is 6.06. The predicted molar refractivity (Wildman–Crippen MR) is 63.2 cm³/mol. The van der Waals surface area contributed by atoms with Crippen LogP contribution in [0.5, 0.6) is 0 Å². The molecule has 0 saturated heterocycles. The fourth-order valence-electron chi connectivity index (χ4n) is 1.40. The molecule has 0 aliphatic carbocycles. The van der Waals surface area contributed by atoms with Gasteiger partial charge in [-0.2, -0.15) is 0 Å². The Bertz CT molecular complexity index is 271. The van der Waals surface area contributed by atoms with E-state index >= 15 is 0 Å². The molecule has 114 valence electrons. The molecule has 0 bridgehead atoms. The molecule has 19 heavy (non-hydrogen) atoms. The minimum absolute atomic E-state index is 0.129. The maximum absolute atomic E-state index is 11.0. The Balaban J connectivity index is 4.72. The summed E-state index contributed by atoms with van der Waals surface area (Å²) in [6.45, 7) is 0.888. The summed E-state index contributed by atoms with van der Waals surface area (Å²) >= 11 is 0. The van der Waals surface area contributed by atoms with Gasteiger partial charge in [0, 0.05) is 0 Å². The Morgan fingerprint density at radius 2 is 1.84 bits per heavy atom. The minimum atomic E-state index is -3.04. The zero-order valence-electron chi connectivity index (χ0n) is 10.8. The first-order chi connectivity index (χ1) is 8.81. The smallest absolute Gasteiger partial charge is 0.367 e. The van der Waals surface area contributed by atoms with Crippen molar-refractivity contribution in [2.75, 3.05) is 13.2 Å². The third-order valence-corrected chi connectivity index (χ3v) is 2.68. The first kappa shape index (κ1) is 18.2. The van der Waals surface area contributed by atoms with Crippen molar-refractivity contribution in [1.29, 1.82) is 0 Å². The second-order valence-electron chi connectivity index (χ2n) is 4.24. The number of ether oxygens (including phenoxy) is 1. The first-order valence-corrected chi connectivity index (χ1v) is 6.06. The van der Waals surface area contributed by atoms with Crippen molar-refractivity contribution in [3.05, 3.63) is 0 Å². The van der Waals surface area contributed by atoms with E-state index in [4.69, 9.17) is 20.1 Å². The van der Waals surface area contributed by atoms with Gasteiger partial charge >= 0.3 is 5.97 Å². The van der Waals surface area contributed by atoms with Crippen molar-refractivity contribution >= 4 is 5.97 Å². The molecule has 4 atom stereocenters. The third-order valence-electron chi connectivity index (χ3n) is 2.68. The minimum Gasteiger partial charge on any atom is -0.477 e. The average molecular weight is 282 g/mol. The van der Waals surface area contributed by atoms with Gasteiger partial charge in [-0.15, -0.1) is 0 Å². The molecule has 0 fully saturated rings. The van der Waals surface area contributed by atoms with Crippen LogP contribution in [0.4, 0.5) is 0 Å². The lowest BCUT2D eigenvalue weighted by molar-refractivity contribution is -0.278. The lowest BCUT2D eigenvalue weighted by atomic mass is 10.00. The van der Waals surface area contributed by atoms with Gasteiger partial charge in [0.25, 0.3) is 5.79 Å². The largest absolute Gasteiger partial charge is 0.477 e. The predicted octanol–water partition coefficient (Wildman–Crippen LogP) is -1.96. The standard InChI is InChI=1S/C11H22O8/c1-2-3-4-5-19-11(18,10(16)17)9(15)8(14)7(13)6-12/h7-9,12-15,18H,2-6H2,1H3,(H,16,17). The van der Waals surface area contributed by atoms with Crippen molar-refractivity contribution in [1.82, 2.24) is 0 Å². The van der Waals surface area contributed by atoms with Crippen molar-refractivity contribution in [2.45, 2.75) is 50.3 Å². The van der Waals surface area contributed by atoms with Gasteiger partial charge in [0.1, 0.15) is 18.3 Å². The van der Waals surface area contributed by atoms with Gasteiger partial charge in [0.05, 0.1) is 13.2 Å². The van der Waals surface area contributed by atoms with Gasteiger partial charge in [-0.25, -0.2) is 4.79 Å². The molecule has 0 aromatic rings. The molecular weight excluding hydrogens is 260 g/mol. The Morgan fingerprint density at radius 1 is 1.26 bits per heavy atom.